The number of carbonyl (C=O) groups is 2. The van der Waals surface area contributed by atoms with Crippen LogP contribution in [0.2, 0.25) is 0 Å². The van der Waals surface area contributed by atoms with Crippen LogP contribution in [0.5, 0.6) is 0 Å². The van der Waals surface area contributed by atoms with E-state index in [0.29, 0.717) is 6.42 Å². The standard InChI is InChI=1S/C25H29N3O3/c1-5-21(22(27)24(30)31-25(2,3)4)23(29)28-20(16-26)15-17-11-13-19(14-12-17)18-9-7-6-8-10-18/h6-14,20-21,27H,5,15H2,1-4H3,(H,28,29)/t20-,21-/m0/s1. The molecule has 0 saturated heterocycles. The van der Waals surface area contributed by atoms with E-state index in [9.17, 15) is 14.9 Å². The molecule has 1 amide bonds. The van der Waals surface area contributed by atoms with Crippen LogP contribution in [0, 0.1) is 22.7 Å². The van der Waals surface area contributed by atoms with E-state index in [-0.39, 0.29) is 6.42 Å². The Hall–Kier alpha value is -3.46. The van der Waals surface area contributed by atoms with E-state index in [2.05, 4.69) is 11.4 Å². The van der Waals surface area contributed by atoms with Gasteiger partial charge < -0.3 is 10.1 Å². The number of amides is 1. The van der Waals surface area contributed by atoms with Crippen molar-refractivity contribution < 1.29 is 14.3 Å². The first kappa shape index (κ1) is 23.8. The minimum absolute atomic E-state index is 0.258. The third-order valence-electron chi connectivity index (χ3n) is 4.67. The molecule has 6 heteroatoms. The summed E-state index contributed by atoms with van der Waals surface area (Å²) in [5.41, 5.74) is 1.92. The van der Waals surface area contributed by atoms with Gasteiger partial charge in [-0.15, -0.1) is 0 Å². The molecular formula is C25H29N3O3. The van der Waals surface area contributed by atoms with Crippen molar-refractivity contribution in [1.29, 1.82) is 10.7 Å². The Morgan fingerprint density at radius 2 is 1.65 bits per heavy atom. The summed E-state index contributed by atoms with van der Waals surface area (Å²) < 4.78 is 5.20. The van der Waals surface area contributed by atoms with Gasteiger partial charge in [0.2, 0.25) is 5.91 Å². The Morgan fingerprint density at radius 1 is 1.06 bits per heavy atom. The molecule has 2 N–H and O–H groups in total. The number of rotatable bonds is 8. The van der Waals surface area contributed by atoms with Gasteiger partial charge in [0, 0.05) is 6.42 Å². The molecule has 0 fully saturated rings. The molecule has 6 nitrogen and oxygen atoms in total. The maximum atomic E-state index is 12.7. The summed E-state index contributed by atoms with van der Waals surface area (Å²) in [7, 11) is 0. The minimum Gasteiger partial charge on any atom is -0.455 e. The van der Waals surface area contributed by atoms with Gasteiger partial charge in [-0.3, -0.25) is 10.2 Å². The molecule has 2 rings (SSSR count). The number of nitrogens with one attached hydrogen (secondary N) is 2. The van der Waals surface area contributed by atoms with Crippen molar-refractivity contribution in [1.82, 2.24) is 5.32 Å². The predicted molar refractivity (Wildman–Crippen MR) is 120 cm³/mol. The fourth-order valence-corrected chi connectivity index (χ4v) is 3.10. The van der Waals surface area contributed by atoms with Crippen LogP contribution in [-0.4, -0.2) is 29.2 Å². The number of ether oxygens (including phenoxy) is 1. The van der Waals surface area contributed by atoms with Crippen molar-refractivity contribution in [3.8, 4) is 17.2 Å². The van der Waals surface area contributed by atoms with E-state index in [1.165, 1.54) is 0 Å². The third kappa shape index (κ3) is 7.07. The minimum atomic E-state index is -0.967. The molecule has 0 aliphatic heterocycles. The maximum absolute atomic E-state index is 12.7. The Kier molecular flexibility index (Phi) is 8.09. The Balaban J connectivity index is 2.02. The number of benzene rings is 2. The first-order valence-electron chi connectivity index (χ1n) is 10.3. The largest absolute Gasteiger partial charge is 0.455 e. The first-order chi connectivity index (χ1) is 14.6. The molecule has 0 unspecified atom stereocenters. The van der Waals surface area contributed by atoms with Crippen LogP contribution in [0.1, 0.15) is 39.7 Å². The molecule has 0 spiro atoms. The summed E-state index contributed by atoms with van der Waals surface area (Å²) >= 11 is 0. The van der Waals surface area contributed by atoms with E-state index in [4.69, 9.17) is 10.1 Å². The second-order valence-corrected chi connectivity index (χ2v) is 8.33. The highest BCUT2D eigenvalue weighted by molar-refractivity contribution is 6.39. The molecule has 0 heterocycles. The molecule has 2 aromatic carbocycles. The molecule has 162 valence electrons. The zero-order valence-electron chi connectivity index (χ0n) is 18.4. The Bertz CT molecular complexity index is 954. The lowest BCUT2D eigenvalue weighted by Gasteiger charge is -2.22. The topological polar surface area (TPSA) is 103 Å². The summed E-state index contributed by atoms with van der Waals surface area (Å²) in [6, 6.07) is 19.1. The highest BCUT2D eigenvalue weighted by Gasteiger charge is 2.31. The van der Waals surface area contributed by atoms with Crippen LogP contribution in [0.4, 0.5) is 0 Å². The molecule has 2 aromatic rings. The van der Waals surface area contributed by atoms with Gasteiger partial charge in [-0.05, 0) is 43.9 Å². The highest BCUT2D eigenvalue weighted by atomic mass is 16.6. The summed E-state index contributed by atoms with van der Waals surface area (Å²) in [6.07, 6.45) is 0.585. The lowest BCUT2D eigenvalue weighted by molar-refractivity contribution is -0.147. The number of esters is 1. The van der Waals surface area contributed by atoms with Crippen molar-refractivity contribution in [2.24, 2.45) is 5.92 Å². The van der Waals surface area contributed by atoms with Crippen LogP contribution >= 0.6 is 0 Å². The smallest absolute Gasteiger partial charge is 0.353 e. The van der Waals surface area contributed by atoms with Gasteiger partial charge in [-0.2, -0.15) is 5.26 Å². The molecule has 31 heavy (non-hydrogen) atoms. The lowest BCUT2D eigenvalue weighted by atomic mass is 9.97. The SMILES string of the molecule is CC[C@@H](C(=N)C(=O)OC(C)(C)C)C(=O)N[C@H](C#N)Cc1ccc(-c2ccccc2)cc1. The molecule has 0 aromatic heterocycles. The van der Waals surface area contributed by atoms with Crippen molar-refractivity contribution in [3.05, 3.63) is 60.2 Å². The zero-order valence-corrected chi connectivity index (χ0v) is 18.4. The fourth-order valence-electron chi connectivity index (χ4n) is 3.10. The number of carbonyl (C=O) groups excluding carboxylic acids is 2. The van der Waals surface area contributed by atoms with Crippen molar-refractivity contribution in [2.45, 2.75) is 52.2 Å². The molecule has 0 radical (unpaired) electrons. The van der Waals surface area contributed by atoms with Gasteiger partial charge in [0.05, 0.1) is 12.0 Å². The monoisotopic (exact) mass is 419 g/mol. The first-order valence-corrected chi connectivity index (χ1v) is 10.3. The summed E-state index contributed by atoms with van der Waals surface area (Å²) in [5, 5.41) is 20.2. The average molecular weight is 420 g/mol. The molecule has 0 aliphatic rings. The van der Waals surface area contributed by atoms with Crippen molar-refractivity contribution >= 4 is 17.6 Å². The number of hydrogen-bond donors (Lipinski definition) is 2. The van der Waals surface area contributed by atoms with Crippen LogP contribution < -0.4 is 5.32 Å². The van der Waals surface area contributed by atoms with Gasteiger partial charge >= 0.3 is 5.97 Å². The van der Waals surface area contributed by atoms with E-state index >= 15 is 0 Å². The van der Waals surface area contributed by atoms with Crippen LogP contribution in [0.25, 0.3) is 11.1 Å². The van der Waals surface area contributed by atoms with E-state index in [1.807, 2.05) is 54.6 Å². The molecule has 0 bridgehead atoms. The van der Waals surface area contributed by atoms with E-state index in [0.717, 1.165) is 16.7 Å². The Labute approximate surface area is 183 Å². The van der Waals surface area contributed by atoms with Crippen LogP contribution in [-0.2, 0) is 20.7 Å². The van der Waals surface area contributed by atoms with E-state index in [1.54, 1.807) is 27.7 Å². The van der Waals surface area contributed by atoms with Crippen molar-refractivity contribution in [3.63, 3.8) is 0 Å². The molecule has 0 saturated carbocycles. The van der Waals surface area contributed by atoms with Gasteiger partial charge in [0.25, 0.3) is 0 Å². The highest BCUT2D eigenvalue weighted by Crippen LogP contribution is 2.20. The number of nitrogens with zero attached hydrogens (tertiary/aromatic N) is 1. The average Bonchev–Trinajstić information content (AvgIpc) is 2.73. The van der Waals surface area contributed by atoms with Gasteiger partial charge in [-0.25, -0.2) is 4.79 Å². The quantitative estimate of drug-likeness (QED) is 0.492. The third-order valence-corrected chi connectivity index (χ3v) is 4.67. The molecule has 2 atom stereocenters. The fraction of sp³-hybridized carbons (Fsp3) is 0.360. The second-order valence-electron chi connectivity index (χ2n) is 8.33. The molecule has 0 aliphatic carbocycles. The maximum Gasteiger partial charge on any atom is 0.353 e. The van der Waals surface area contributed by atoms with Crippen LogP contribution in [0.3, 0.4) is 0 Å². The zero-order chi connectivity index (χ0) is 23.0. The second kappa shape index (κ2) is 10.5. The van der Waals surface area contributed by atoms with Gasteiger partial charge in [-0.1, -0.05) is 61.5 Å². The van der Waals surface area contributed by atoms with Crippen molar-refractivity contribution in [2.75, 3.05) is 0 Å². The predicted octanol–water partition coefficient (Wildman–Crippen LogP) is 4.29. The van der Waals surface area contributed by atoms with Crippen LogP contribution in [0.15, 0.2) is 54.6 Å². The van der Waals surface area contributed by atoms with Gasteiger partial charge in [0.15, 0.2) is 0 Å². The lowest BCUT2D eigenvalue weighted by Crippen LogP contribution is -2.44. The summed E-state index contributed by atoms with van der Waals surface area (Å²) in [4.78, 5) is 24.8. The van der Waals surface area contributed by atoms with E-state index < -0.39 is 35.1 Å². The number of hydrogen-bond acceptors (Lipinski definition) is 5. The number of nitriles is 1. The van der Waals surface area contributed by atoms with Gasteiger partial charge in [0.1, 0.15) is 17.4 Å². The normalized spacial score (nSPS) is 12.9. The summed E-state index contributed by atoms with van der Waals surface area (Å²) in [6.45, 7) is 6.82. The Morgan fingerprint density at radius 3 is 2.16 bits per heavy atom. The molecular weight excluding hydrogens is 390 g/mol. The summed E-state index contributed by atoms with van der Waals surface area (Å²) in [5.74, 6) is -2.31.